The standard InChI is InChI=1S/C15H15ClFN3O/c1-8(2)20-15-12(7-18-20)11(6-14(21)19-15)10-4-3-9(17)5-13(10)16/h3-5,7-8,11H,6H2,1-2H3,(H,19,21)/t11-/m0/s1. The fourth-order valence-electron chi connectivity index (χ4n) is 2.69. The van der Waals surface area contributed by atoms with E-state index in [1.165, 1.54) is 12.1 Å². The van der Waals surface area contributed by atoms with Gasteiger partial charge in [0.2, 0.25) is 5.91 Å². The van der Waals surface area contributed by atoms with Crippen LogP contribution in [0.5, 0.6) is 0 Å². The lowest BCUT2D eigenvalue weighted by atomic mass is 9.87. The van der Waals surface area contributed by atoms with E-state index in [0.29, 0.717) is 10.8 Å². The van der Waals surface area contributed by atoms with Crippen molar-refractivity contribution in [2.75, 3.05) is 5.32 Å². The molecule has 0 radical (unpaired) electrons. The van der Waals surface area contributed by atoms with Gasteiger partial charge in [-0.3, -0.25) is 4.79 Å². The molecule has 2 heterocycles. The van der Waals surface area contributed by atoms with Crippen LogP contribution in [0.2, 0.25) is 5.02 Å². The molecule has 4 nitrogen and oxygen atoms in total. The maximum Gasteiger partial charge on any atom is 0.226 e. The average Bonchev–Trinajstić information content (AvgIpc) is 2.81. The number of rotatable bonds is 2. The van der Waals surface area contributed by atoms with Gasteiger partial charge < -0.3 is 5.32 Å². The van der Waals surface area contributed by atoms with Gasteiger partial charge in [0.1, 0.15) is 11.6 Å². The number of fused-ring (bicyclic) bond motifs is 1. The molecule has 1 aliphatic rings. The van der Waals surface area contributed by atoms with Crippen molar-refractivity contribution >= 4 is 23.3 Å². The first-order chi connectivity index (χ1) is 9.97. The molecule has 1 aromatic carbocycles. The molecule has 0 saturated carbocycles. The van der Waals surface area contributed by atoms with E-state index in [0.717, 1.165) is 11.1 Å². The molecule has 0 spiro atoms. The highest BCUT2D eigenvalue weighted by molar-refractivity contribution is 6.31. The van der Waals surface area contributed by atoms with Crippen LogP contribution in [-0.4, -0.2) is 15.7 Å². The summed E-state index contributed by atoms with van der Waals surface area (Å²) in [6.07, 6.45) is 2.03. The highest BCUT2D eigenvalue weighted by Gasteiger charge is 2.31. The van der Waals surface area contributed by atoms with Gasteiger partial charge in [-0.2, -0.15) is 5.10 Å². The van der Waals surface area contributed by atoms with Crippen molar-refractivity contribution in [3.8, 4) is 0 Å². The first-order valence-electron chi connectivity index (χ1n) is 6.79. The minimum Gasteiger partial charge on any atom is -0.311 e. The monoisotopic (exact) mass is 307 g/mol. The number of benzene rings is 1. The maximum absolute atomic E-state index is 13.2. The molecule has 21 heavy (non-hydrogen) atoms. The molecule has 0 fully saturated rings. The van der Waals surface area contributed by atoms with E-state index in [2.05, 4.69) is 10.4 Å². The molecule has 0 unspecified atom stereocenters. The van der Waals surface area contributed by atoms with Crippen LogP contribution in [0.25, 0.3) is 0 Å². The lowest BCUT2D eigenvalue weighted by Crippen LogP contribution is -2.25. The summed E-state index contributed by atoms with van der Waals surface area (Å²) in [4.78, 5) is 12.0. The first kappa shape index (κ1) is 14.1. The number of hydrogen-bond acceptors (Lipinski definition) is 2. The molecule has 1 aliphatic heterocycles. The number of anilines is 1. The average molecular weight is 308 g/mol. The molecular formula is C15H15ClFN3O. The highest BCUT2D eigenvalue weighted by Crippen LogP contribution is 2.40. The number of nitrogens with one attached hydrogen (secondary N) is 1. The Morgan fingerprint density at radius 1 is 1.43 bits per heavy atom. The number of carbonyl (C=O) groups is 1. The lowest BCUT2D eigenvalue weighted by Gasteiger charge is -2.25. The van der Waals surface area contributed by atoms with Crippen molar-refractivity contribution in [1.29, 1.82) is 0 Å². The van der Waals surface area contributed by atoms with Gasteiger partial charge in [-0.15, -0.1) is 0 Å². The van der Waals surface area contributed by atoms with Gasteiger partial charge in [0.25, 0.3) is 0 Å². The second kappa shape index (κ2) is 5.15. The summed E-state index contributed by atoms with van der Waals surface area (Å²) in [6, 6.07) is 4.41. The van der Waals surface area contributed by atoms with Gasteiger partial charge in [0.15, 0.2) is 0 Å². The summed E-state index contributed by atoms with van der Waals surface area (Å²) in [7, 11) is 0. The summed E-state index contributed by atoms with van der Waals surface area (Å²) in [5.74, 6) is 0.0263. The maximum atomic E-state index is 13.2. The Labute approximate surface area is 126 Å². The third kappa shape index (κ3) is 2.42. The molecule has 1 aromatic heterocycles. The lowest BCUT2D eigenvalue weighted by molar-refractivity contribution is -0.116. The van der Waals surface area contributed by atoms with Crippen molar-refractivity contribution in [3.05, 3.63) is 46.4 Å². The smallest absolute Gasteiger partial charge is 0.226 e. The Morgan fingerprint density at radius 2 is 2.19 bits per heavy atom. The molecule has 3 rings (SSSR count). The van der Waals surface area contributed by atoms with E-state index in [9.17, 15) is 9.18 Å². The number of hydrogen-bond donors (Lipinski definition) is 1. The van der Waals surface area contributed by atoms with Crippen molar-refractivity contribution in [2.45, 2.75) is 32.2 Å². The number of carbonyl (C=O) groups excluding carboxylic acids is 1. The van der Waals surface area contributed by atoms with E-state index < -0.39 is 0 Å². The molecule has 6 heteroatoms. The van der Waals surface area contributed by atoms with Crippen LogP contribution in [0.4, 0.5) is 10.2 Å². The van der Waals surface area contributed by atoms with Crippen LogP contribution in [-0.2, 0) is 4.79 Å². The fourth-order valence-corrected chi connectivity index (χ4v) is 2.99. The van der Waals surface area contributed by atoms with Gasteiger partial charge in [-0.1, -0.05) is 17.7 Å². The quantitative estimate of drug-likeness (QED) is 0.919. The van der Waals surface area contributed by atoms with Crippen LogP contribution in [0.1, 0.15) is 43.4 Å². The van der Waals surface area contributed by atoms with Gasteiger partial charge in [0, 0.05) is 29.0 Å². The molecule has 0 saturated heterocycles. The van der Waals surface area contributed by atoms with Crippen molar-refractivity contribution in [3.63, 3.8) is 0 Å². The molecule has 110 valence electrons. The SMILES string of the molecule is CC(C)n1ncc2c1NC(=O)C[C@H]2c1ccc(F)cc1Cl. The topological polar surface area (TPSA) is 46.9 Å². The van der Waals surface area contributed by atoms with E-state index in [1.54, 1.807) is 16.9 Å². The second-order valence-corrected chi connectivity index (χ2v) is 5.86. The van der Waals surface area contributed by atoms with Crippen LogP contribution in [0, 0.1) is 5.82 Å². The van der Waals surface area contributed by atoms with Crippen molar-refractivity contribution in [2.24, 2.45) is 0 Å². The van der Waals surface area contributed by atoms with Gasteiger partial charge in [0.05, 0.1) is 6.20 Å². The molecular weight excluding hydrogens is 293 g/mol. The van der Waals surface area contributed by atoms with Crippen molar-refractivity contribution in [1.82, 2.24) is 9.78 Å². The second-order valence-electron chi connectivity index (χ2n) is 5.46. The van der Waals surface area contributed by atoms with Gasteiger partial charge >= 0.3 is 0 Å². The molecule has 0 bridgehead atoms. The normalized spacial score (nSPS) is 17.8. The Morgan fingerprint density at radius 3 is 2.86 bits per heavy atom. The minimum absolute atomic E-state index is 0.0877. The van der Waals surface area contributed by atoms with E-state index in [1.807, 2.05) is 13.8 Å². The van der Waals surface area contributed by atoms with E-state index in [4.69, 9.17) is 11.6 Å². The van der Waals surface area contributed by atoms with Crippen LogP contribution >= 0.6 is 11.6 Å². The Hall–Kier alpha value is -1.88. The number of nitrogens with zero attached hydrogens (tertiary/aromatic N) is 2. The van der Waals surface area contributed by atoms with Crippen molar-refractivity contribution < 1.29 is 9.18 Å². The van der Waals surface area contributed by atoms with Gasteiger partial charge in [-0.25, -0.2) is 9.07 Å². The summed E-state index contributed by atoms with van der Waals surface area (Å²) < 4.78 is 15.0. The third-order valence-corrected chi connectivity index (χ3v) is 4.00. The fraction of sp³-hybridized carbons (Fsp3) is 0.333. The molecule has 1 amide bonds. The first-order valence-corrected chi connectivity index (χ1v) is 7.17. The van der Waals surface area contributed by atoms with Gasteiger partial charge in [-0.05, 0) is 31.5 Å². The number of halogens is 2. The predicted molar refractivity (Wildman–Crippen MR) is 79.1 cm³/mol. The predicted octanol–water partition coefficient (Wildman–Crippen LogP) is 3.73. The highest BCUT2D eigenvalue weighted by atomic mass is 35.5. The summed E-state index contributed by atoms with van der Waals surface area (Å²) >= 11 is 6.15. The zero-order valence-electron chi connectivity index (χ0n) is 11.7. The number of aromatic nitrogens is 2. The van der Waals surface area contributed by atoms with E-state index >= 15 is 0 Å². The Kier molecular flexibility index (Phi) is 3.45. The van der Waals surface area contributed by atoms with Crippen LogP contribution in [0.3, 0.4) is 0 Å². The molecule has 2 aromatic rings. The Balaban J connectivity index is 2.11. The minimum atomic E-state index is -0.387. The number of amides is 1. The zero-order valence-corrected chi connectivity index (χ0v) is 12.5. The molecule has 0 aliphatic carbocycles. The largest absolute Gasteiger partial charge is 0.311 e. The molecule has 1 atom stereocenters. The Bertz CT molecular complexity index is 711. The summed E-state index contributed by atoms with van der Waals surface area (Å²) in [6.45, 7) is 3.99. The zero-order chi connectivity index (χ0) is 15.1. The van der Waals surface area contributed by atoms with E-state index in [-0.39, 0.29) is 30.1 Å². The molecule has 1 N–H and O–H groups in total. The third-order valence-electron chi connectivity index (χ3n) is 3.67. The van der Waals surface area contributed by atoms with Crippen LogP contribution in [0.15, 0.2) is 24.4 Å². The summed E-state index contributed by atoms with van der Waals surface area (Å²) in [5.41, 5.74) is 1.66. The summed E-state index contributed by atoms with van der Waals surface area (Å²) in [5, 5.41) is 7.54. The van der Waals surface area contributed by atoms with Crippen LogP contribution < -0.4 is 5.32 Å².